The Kier molecular flexibility index (Phi) is 4.62. The lowest BCUT2D eigenvalue weighted by Crippen LogP contribution is -2.34. The average molecular weight is 170 g/mol. The Hall–Kier alpha value is -0.0800. The SMILES string of the molecule is CNCC(N)CC1CCCCC1. The van der Waals surface area contributed by atoms with Crippen LogP contribution in [-0.4, -0.2) is 19.6 Å². The number of hydrogen-bond acceptors (Lipinski definition) is 2. The molecule has 1 fully saturated rings. The second-order valence-corrected chi connectivity index (χ2v) is 4.06. The minimum Gasteiger partial charge on any atom is -0.327 e. The molecule has 0 bridgehead atoms. The molecular formula is C10H22N2. The molecule has 1 saturated carbocycles. The molecule has 0 aromatic carbocycles. The fourth-order valence-electron chi connectivity index (χ4n) is 2.20. The van der Waals surface area contributed by atoms with Crippen molar-refractivity contribution in [3.05, 3.63) is 0 Å². The van der Waals surface area contributed by atoms with Crippen LogP contribution >= 0.6 is 0 Å². The molecule has 0 aromatic heterocycles. The first-order chi connectivity index (χ1) is 5.83. The predicted octanol–water partition coefficient (Wildman–Crippen LogP) is 1.50. The molecule has 1 rings (SSSR count). The van der Waals surface area contributed by atoms with E-state index in [1.807, 2.05) is 7.05 Å². The second-order valence-electron chi connectivity index (χ2n) is 4.06. The molecule has 1 atom stereocenters. The molecule has 0 saturated heterocycles. The largest absolute Gasteiger partial charge is 0.327 e. The number of rotatable bonds is 4. The zero-order valence-corrected chi connectivity index (χ0v) is 8.18. The third-order valence-corrected chi connectivity index (χ3v) is 2.83. The molecule has 3 N–H and O–H groups in total. The molecule has 0 spiro atoms. The van der Waals surface area contributed by atoms with E-state index in [2.05, 4.69) is 5.32 Å². The van der Waals surface area contributed by atoms with E-state index in [-0.39, 0.29) is 0 Å². The Morgan fingerprint density at radius 3 is 2.58 bits per heavy atom. The van der Waals surface area contributed by atoms with Gasteiger partial charge in [0.1, 0.15) is 0 Å². The van der Waals surface area contributed by atoms with Gasteiger partial charge in [0, 0.05) is 12.6 Å². The minimum atomic E-state index is 0.373. The van der Waals surface area contributed by atoms with Gasteiger partial charge in [-0.05, 0) is 19.4 Å². The van der Waals surface area contributed by atoms with Crippen LogP contribution in [0.2, 0.25) is 0 Å². The highest BCUT2D eigenvalue weighted by Crippen LogP contribution is 2.26. The summed E-state index contributed by atoms with van der Waals surface area (Å²) in [7, 11) is 1.97. The van der Waals surface area contributed by atoms with Gasteiger partial charge in [0.25, 0.3) is 0 Å². The smallest absolute Gasteiger partial charge is 0.0167 e. The van der Waals surface area contributed by atoms with E-state index in [4.69, 9.17) is 5.73 Å². The van der Waals surface area contributed by atoms with Gasteiger partial charge in [0.15, 0.2) is 0 Å². The maximum absolute atomic E-state index is 5.95. The van der Waals surface area contributed by atoms with Crippen LogP contribution in [0.5, 0.6) is 0 Å². The molecule has 0 heterocycles. The van der Waals surface area contributed by atoms with E-state index in [9.17, 15) is 0 Å². The van der Waals surface area contributed by atoms with Crippen LogP contribution < -0.4 is 11.1 Å². The molecule has 1 aliphatic carbocycles. The van der Waals surface area contributed by atoms with Crippen molar-refractivity contribution in [3.63, 3.8) is 0 Å². The van der Waals surface area contributed by atoms with Crippen LogP contribution in [0.4, 0.5) is 0 Å². The average Bonchev–Trinajstić information content (AvgIpc) is 2.06. The molecule has 72 valence electrons. The summed E-state index contributed by atoms with van der Waals surface area (Å²) in [5, 5.41) is 3.13. The summed E-state index contributed by atoms with van der Waals surface area (Å²) in [6.07, 6.45) is 8.35. The van der Waals surface area contributed by atoms with Crippen LogP contribution in [-0.2, 0) is 0 Å². The van der Waals surface area contributed by atoms with Crippen molar-refractivity contribution in [3.8, 4) is 0 Å². The van der Waals surface area contributed by atoms with Crippen LogP contribution in [0, 0.1) is 5.92 Å². The third-order valence-electron chi connectivity index (χ3n) is 2.83. The van der Waals surface area contributed by atoms with E-state index in [0.29, 0.717) is 6.04 Å². The van der Waals surface area contributed by atoms with Crippen molar-refractivity contribution in [2.75, 3.05) is 13.6 Å². The molecule has 1 aliphatic rings. The summed E-state index contributed by atoms with van der Waals surface area (Å²) in [5.74, 6) is 0.919. The Morgan fingerprint density at radius 2 is 2.00 bits per heavy atom. The first-order valence-electron chi connectivity index (χ1n) is 5.23. The first kappa shape index (κ1) is 10.0. The highest BCUT2D eigenvalue weighted by Gasteiger charge is 2.15. The topological polar surface area (TPSA) is 38.0 Å². The van der Waals surface area contributed by atoms with Gasteiger partial charge in [0.05, 0.1) is 0 Å². The Labute approximate surface area is 75.9 Å². The van der Waals surface area contributed by atoms with Crippen LogP contribution in [0.3, 0.4) is 0 Å². The summed E-state index contributed by atoms with van der Waals surface area (Å²) in [6, 6.07) is 0.373. The Morgan fingerprint density at radius 1 is 1.33 bits per heavy atom. The van der Waals surface area contributed by atoms with Gasteiger partial charge in [-0.1, -0.05) is 32.1 Å². The van der Waals surface area contributed by atoms with Crippen molar-refractivity contribution >= 4 is 0 Å². The first-order valence-corrected chi connectivity index (χ1v) is 5.23. The maximum Gasteiger partial charge on any atom is 0.0167 e. The zero-order valence-electron chi connectivity index (χ0n) is 8.18. The lowest BCUT2D eigenvalue weighted by molar-refractivity contribution is 0.315. The molecule has 0 amide bonds. The van der Waals surface area contributed by atoms with Crippen molar-refractivity contribution in [2.45, 2.75) is 44.6 Å². The summed E-state index contributed by atoms with van der Waals surface area (Å²) >= 11 is 0. The summed E-state index contributed by atoms with van der Waals surface area (Å²) in [6.45, 7) is 0.969. The quantitative estimate of drug-likeness (QED) is 0.671. The number of nitrogens with one attached hydrogen (secondary N) is 1. The van der Waals surface area contributed by atoms with Crippen LogP contribution in [0.25, 0.3) is 0 Å². The van der Waals surface area contributed by atoms with Crippen molar-refractivity contribution < 1.29 is 0 Å². The highest BCUT2D eigenvalue weighted by molar-refractivity contribution is 4.72. The van der Waals surface area contributed by atoms with Crippen molar-refractivity contribution in [1.29, 1.82) is 0 Å². The summed E-state index contributed by atoms with van der Waals surface area (Å²) in [5.41, 5.74) is 5.95. The van der Waals surface area contributed by atoms with E-state index in [1.165, 1.54) is 38.5 Å². The van der Waals surface area contributed by atoms with Gasteiger partial charge in [0.2, 0.25) is 0 Å². The zero-order chi connectivity index (χ0) is 8.81. The number of nitrogens with two attached hydrogens (primary N) is 1. The van der Waals surface area contributed by atoms with Gasteiger partial charge >= 0.3 is 0 Å². The molecule has 0 aliphatic heterocycles. The molecule has 1 unspecified atom stereocenters. The molecule has 0 radical (unpaired) electrons. The van der Waals surface area contributed by atoms with Gasteiger partial charge in [-0.15, -0.1) is 0 Å². The number of likely N-dealkylation sites (N-methyl/N-ethyl adjacent to an activating group) is 1. The lowest BCUT2D eigenvalue weighted by atomic mass is 9.85. The fraction of sp³-hybridized carbons (Fsp3) is 1.00. The minimum absolute atomic E-state index is 0.373. The van der Waals surface area contributed by atoms with Gasteiger partial charge in [-0.3, -0.25) is 0 Å². The van der Waals surface area contributed by atoms with Crippen molar-refractivity contribution in [1.82, 2.24) is 5.32 Å². The van der Waals surface area contributed by atoms with Crippen LogP contribution in [0.15, 0.2) is 0 Å². The van der Waals surface area contributed by atoms with Crippen molar-refractivity contribution in [2.24, 2.45) is 11.7 Å². The Balaban J connectivity index is 2.11. The second kappa shape index (κ2) is 5.55. The summed E-state index contributed by atoms with van der Waals surface area (Å²) in [4.78, 5) is 0. The van der Waals surface area contributed by atoms with E-state index < -0.39 is 0 Å². The van der Waals surface area contributed by atoms with Gasteiger partial charge < -0.3 is 11.1 Å². The molecule has 0 aromatic rings. The highest BCUT2D eigenvalue weighted by atomic mass is 14.9. The third kappa shape index (κ3) is 3.55. The molecular weight excluding hydrogens is 148 g/mol. The number of hydrogen-bond donors (Lipinski definition) is 2. The molecule has 2 heteroatoms. The van der Waals surface area contributed by atoms with E-state index >= 15 is 0 Å². The molecule has 12 heavy (non-hydrogen) atoms. The monoisotopic (exact) mass is 170 g/mol. The van der Waals surface area contributed by atoms with Crippen LogP contribution in [0.1, 0.15) is 38.5 Å². The van der Waals surface area contributed by atoms with Gasteiger partial charge in [-0.25, -0.2) is 0 Å². The maximum atomic E-state index is 5.95. The fourth-order valence-corrected chi connectivity index (χ4v) is 2.20. The van der Waals surface area contributed by atoms with E-state index in [0.717, 1.165) is 12.5 Å². The van der Waals surface area contributed by atoms with Gasteiger partial charge in [-0.2, -0.15) is 0 Å². The predicted molar refractivity (Wildman–Crippen MR) is 53.1 cm³/mol. The summed E-state index contributed by atoms with van der Waals surface area (Å²) < 4.78 is 0. The Bertz CT molecular complexity index is 108. The standard InChI is InChI=1S/C10H22N2/c1-12-8-10(11)7-9-5-3-2-4-6-9/h9-10,12H,2-8,11H2,1H3. The normalized spacial score (nSPS) is 22.5. The lowest BCUT2D eigenvalue weighted by Gasteiger charge is -2.24. The van der Waals surface area contributed by atoms with E-state index in [1.54, 1.807) is 0 Å². The molecule has 2 nitrogen and oxygen atoms in total.